The maximum absolute atomic E-state index is 12.9. The second kappa shape index (κ2) is 61.2. The molecule has 6 nitrogen and oxygen atoms in total. The molecule has 0 aromatic carbocycles. The van der Waals surface area contributed by atoms with Crippen LogP contribution in [0.2, 0.25) is 0 Å². The smallest absolute Gasteiger partial charge is 0.306 e. The Balaban J connectivity index is 4.14. The van der Waals surface area contributed by atoms with Crippen molar-refractivity contribution in [3.8, 4) is 0 Å². The molecule has 0 saturated carbocycles. The minimum absolute atomic E-state index is 0.0695. The van der Waals surface area contributed by atoms with Crippen molar-refractivity contribution in [1.82, 2.24) is 0 Å². The molecular weight excluding hydrogens is 889 g/mol. The molecule has 1 unspecified atom stereocenters. The van der Waals surface area contributed by atoms with E-state index in [0.717, 1.165) is 64.2 Å². The van der Waals surface area contributed by atoms with Gasteiger partial charge in [-0.2, -0.15) is 0 Å². The van der Waals surface area contributed by atoms with Gasteiger partial charge in [0.25, 0.3) is 0 Å². The lowest BCUT2D eigenvalue weighted by atomic mass is 10.0. The molecule has 0 N–H and O–H groups in total. The van der Waals surface area contributed by atoms with Gasteiger partial charge in [0.1, 0.15) is 13.2 Å². The minimum atomic E-state index is -0.770. The van der Waals surface area contributed by atoms with Gasteiger partial charge in [-0.1, -0.05) is 288 Å². The van der Waals surface area contributed by atoms with Gasteiger partial charge in [0.2, 0.25) is 0 Å². The van der Waals surface area contributed by atoms with Crippen molar-refractivity contribution >= 4 is 17.9 Å². The molecule has 6 heteroatoms. The average Bonchev–Trinajstić information content (AvgIpc) is 3.38. The highest BCUT2D eigenvalue weighted by Crippen LogP contribution is 2.17. The van der Waals surface area contributed by atoms with Gasteiger partial charge in [-0.25, -0.2) is 0 Å². The Morgan fingerprint density at radius 3 is 0.778 bits per heavy atom. The van der Waals surface area contributed by atoms with Crippen molar-refractivity contribution < 1.29 is 28.6 Å². The second-order valence-electron chi connectivity index (χ2n) is 21.7. The number of unbranched alkanes of at least 4 members (excludes halogenated alkanes) is 42. The first-order chi connectivity index (χ1) is 35.5. The van der Waals surface area contributed by atoms with Crippen LogP contribution in [0.25, 0.3) is 0 Å². The summed E-state index contributed by atoms with van der Waals surface area (Å²) in [5.74, 6) is -0.856. The number of ether oxygens (including phenoxy) is 3. The fourth-order valence-electron chi connectivity index (χ4n) is 9.53. The lowest BCUT2D eigenvalue weighted by Gasteiger charge is -2.18. The van der Waals surface area contributed by atoms with E-state index in [0.29, 0.717) is 19.3 Å². The summed E-state index contributed by atoms with van der Waals surface area (Å²) in [5.41, 5.74) is 0. The standard InChI is InChI=1S/C66H122O6/c1-4-7-10-13-16-19-21-23-25-27-29-30-31-32-33-34-35-36-37-39-40-42-44-47-50-53-56-59-65(68)71-62-63(61-70-64(67)58-55-52-49-46-18-15-12-9-6-3)72-66(69)60-57-54-51-48-45-43-41-38-28-26-24-22-20-17-14-11-8-5-2/h21,23,26-29,63H,4-20,22,24-25,30-62H2,1-3H3/b23-21-,28-26-,29-27-. The van der Waals surface area contributed by atoms with E-state index in [2.05, 4.69) is 57.2 Å². The monoisotopic (exact) mass is 1010 g/mol. The van der Waals surface area contributed by atoms with Gasteiger partial charge in [0.15, 0.2) is 6.10 Å². The van der Waals surface area contributed by atoms with Crippen LogP contribution in [0.5, 0.6) is 0 Å². The zero-order chi connectivity index (χ0) is 52.2. The summed E-state index contributed by atoms with van der Waals surface area (Å²) in [6, 6.07) is 0. The van der Waals surface area contributed by atoms with Crippen molar-refractivity contribution in [2.45, 2.75) is 354 Å². The predicted octanol–water partition coefficient (Wildman–Crippen LogP) is 21.6. The molecule has 0 aliphatic heterocycles. The van der Waals surface area contributed by atoms with E-state index in [-0.39, 0.29) is 31.1 Å². The number of allylic oxidation sites excluding steroid dienone is 6. The van der Waals surface area contributed by atoms with Crippen molar-refractivity contribution in [2.24, 2.45) is 0 Å². The molecule has 1 atom stereocenters. The van der Waals surface area contributed by atoms with Crippen LogP contribution in [0.1, 0.15) is 348 Å². The summed E-state index contributed by atoms with van der Waals surface area (Å²) < 4.78 is 16.9. The average molecular weight is 1010 g/mol. The minimum Gasteiger partial charge on any atom is -0.462 e. The lowest BCUT2D eigenvalue weighted by molar-refractivity contribution is -0.167. The molecule has 72 heavy (non-hydrogen) atoms. The van der Waals surface area contributed by atoms with E-state index in [1.165, 1.54) is 244 Å². The van der Waals surface area contributed by atoms with Crippen molar-refractivity contribution in [3.05, 3.63) is 36.5 Å². The topological polar surface area (TPSA) is 78.9 Å². The molecule has 0 spiro atoms. The first-order valence-electron chi connectivity index (χ1n) is 32.0. The van der Waals surface area contributed by atoms with E-state index in [1.54, 1.807) is 0 Å². The summed E-state index contributed by atoms with van der Waals surface area (Å²) in [4.78, 5) is 38.1. The molecule has 0 aromatic heterocycles. The number of hydrogen-bond acceptors (Lipinski definition) is 6. The number of carbonyl (C=O) groups is 3. The van der Waals surface area contributed by atoms with Crippen LogP contribution in [0.4, 0.5) is 0 Å². The van der Waals surface area contributed by atoms with Gasteiger partial charge in [-0.3, -0.25) is 14.4 Å². The summed E-state index contributed by atoms with van der Waals surface area (Å²) in [6.45, 7) is 6.65. The van der Waals surface area contributed by atoms with Crippen LogP contribution in [0.3, 0.4) is 0 Å². The highest BCUT2D eigenvalue weighted by atomic mass is 16.6. The van der Waals surface area contributed by atoms with Gasteiger partial charge < -0.3 is 14.2 Å². The molecular formula is C66H122O6. The number of rotatable bonds is 59. The highest BCUT2D eigenvalue weighted by Gasteiger charge is 2.19. The van der Waals surface area contributed by atoms with Gasteiger partial charge in [0, 0.05) is 19.3 Å². The maximum Gasteiger partial charge on any atom is 0.306 e. The van der Waals surface area contributed by atoms with Gasteiger partial charge >= 0.3 is 17.9 Å². The quantitative estimate of drug-likeness (QED) is 0.0261. The predicted molar refractivity (Wildman–Crippen MR) is 312 cm³/mol. The van der Waals surface area contributed by atoms with Crippen molar-refractivity contribution in [2.75, 3.05) is 13.2 Å². The largest absolute Gasteiger partial charge is 0.462 e. The third-order valence-corrected chi connectivity index (χ3v) is 14.4. The first kappa shape index (κ1) is 69.6. The number of hydrogen-bond donors (Lipinski definition) is 0. The van der Waals surface area contributed by atoms with Gasteiger partial charge in [-0.05, 0) is 77.0 Å². The Morgan fingerprint density at radius 2 is 0.500 bits per heavy atom. The number of carbonyl (C=O) groups excluding carboxylic acids is 3. The number of esters is 3. The van der Waals surface area contributed by atoms with E-state index >= 15 is 0 Å². The van der Waals surface area contributed by atoms with Crippen LogP contribution in [0, 0.1) is 0 Å². The van der Waals surface area contributed by atoms with E-state index in [4.69, 9.17) is 14.2 Å². The van der Waals surface area contributed by atoms with Crippen LogP contribution in [0.15, 0.2) is 36.5 Å². The summed E-state index contributed by atoms with van der Waals surface area (Å²) in [6.07, 6.45) is 74.5. The van der Waals surface area contributed by atoms with E-state index in [9.17, 15) is 14.4 Å². The summed E-state index contributed by atoms with van der Waals surface area (Å²) in [5, 5.41) is 0. The van der Waals surface area contributed by atoms with E-state index < -0.39 is 6.10 Å². The molecule has 0 radical (unpaired) electrons. The first-order valence-corrected chi connectivity index (χ1v) is 32.0. The third kappa shape index (κ3) is 58.5. The van der Waals surface area contributed by atoms with Gasteiger partial charge in [-0.15, -0.1) is 0 Å². The fraction of sp³-hybridized carbons (Fsp3) is 0.864. The Kier molecular flexibility index (Phi) is 59.2. The molecule has 0 bridgehead atoms. The van der Waals surface area contributed by atoms with E-state index in [1.807, 2.05) is 0 Å². The van der Waals surface area contributed by atoms with Crippen LogP contribution in [-0.2, 0) is 28.6 Å². The lowest BCUT2D eigenvalue weighted by Crippen LogP contribution is -2.30. The fourth-order valence-corrected chi connectivity index (χ4v) is 9.53. The highest BCUT2D eigenvalue weighted by molar-refractivity contribution is 5.71. The second-order valence-corrected chi connectivity index (χ2v) is 21.7. The summed E-state index contributed by atoms with van der Waals surface area (Å²) >= 11 is 0. The van der Waals surface area contributed by atoms with Gasteiger partial charge in [0.05, 0.1) is 0 Å². The maximum atomic E-state index is 12.9. The Morgan fingerprint density at radius 1 is 0.278 bits per heavy atom. The molecule has 0 rings (SSSR count). The Labute approximate surface area is 448 Å². The van der Waals surface area contributed by atoms with Crippen molar-refractivity contribution in [3.63, 3.8) is 0 Å². The molecule has 0 amide bonds. The summed E-state index contributed by atoms with van der Waals surface area (Å²) in [7, 11) is 0. The molecule has 422 valence electrons. The molecule has 0 fully saturated rings. The zero-order valence-corrected chi connectivity index (χ0v) is 48.5. The SMILES string of the molecule is CCCCCCC/C=C\C/C=C\CCCCCCCCCCCCCCCCCC(=O)OCC(COC(=O)CCCCCCCCCCC)OC(=O)CCCCCCCCC/C=C\CCCCCCCCC. The van der Waals surface area contributed by atoms with Crippen molar-refractivity contribution in [1.29, 1.82) is 0 Å². The Bertz CT molecular complexity index is 1210. The molecule has 0 heterocycles. The molecule has 0 saturated heterocycles. The Hall–Kier alpha value is -2.37. The third-order valence-electron chi connectivity index (χ3n) is 14.4. The zero-order valence-electron chi connectivity index (χ0n) is 48.5. The molecule has 0 aromatic rings. The van der Waals surface area contributed by atoms with Crippen LogP contribution in [-0.4, -0.2) is 37.2 Å². The molecule has 0 aliphatic rings. The van der Waals surface area contributed by atoms with Crippen LogP contribution >= 0.6 is 0 Å². The van der Waals surface area contributed by atoms with Crippen LogP contribution < -0.4 is 0 Å². The normalized spacial score (nSPS) is 12.2. The molecule has 0 aliphatic carbocycles.